The number of aliphatic hydroxyl groups is 1. The summed E-state index contributed by atoms with van der Waals surface area (Å²) in [4.78, 5) is 0. The summed E-state index contributed by atoms with van der Waals surface area (Å²) in [5.41, 5.74) is 4.99. The van der Waals surface area contributed by atoms with Gasteiger partial charge in [-0.3, -0.25) is 0 Å². The van der Waals surface area contributed by atoms with Crippen LogP contribution < -0.4 is 15.2 Å². The fraction of sp³-hybridized carbons (Fsp3) is 0.400. The summed E-state index contributed by atoms with van der Waals surface area (Å²) >= 11 is 5.98. The Morgan fingerprint density at radius 3 is 2.93 bits per heavy atom. The molecule has 1 heterocycles. The van der Waals surface area contributed by atoms with Crippen molar-refractivity contribution in [3.8, 4) is 11.5 Å². The van der Waals surface area contributed by atoms with Gasteiger partial charge >= 0.3 is 0 Å². The second-order valence-electron chi connectivity index (χ2n) is 3.67. The number of benzene rings is 1. The van der Waals surface area contributed by atoms with E-state index >= 15 is 0 Å². The molecule has 0 saturated heterocycles. The lowest BCUT2D eigenvalue weighted by molar-refractivity contribution is 0.0666. The number of rotatable bonds is 2. The molecule has 0 aliphatic carbocycles. The van der Waals surface area contributed by atoms with Crippen LogP contribution in [-0.2, 0) is 5.60 Å². The van der Waals surface area contributed by atoms with E-state index in [0.717, 1.165) is 0 Å². The van der Waals surface area contributed by atoms with Crippen LogP contribution in [-0.4, -0.2) is 18.4 Å². The van der Waals surface area contributed by atoms with Crippen molar-refractivity contribution in [2.45, 2.75) is 12.5 Å². The van der Waals surface area contributed by atoms with E-state index in [1.807, 2.05) is 0 Å². The van der Waals surface area contributed by atoms with Crippen molar-refractivity contribution in [2.24, 2.45) is 5.73 Å². The summed E-state index contributed by atoms with van der Waals surface area (Å²) in [6.07, 6.45) is 0. The summed E-state index contributed by atoms with van der Waals surface area (Å²) in [7, 11) is 0. The van der Waals surface area contributed by atoms with E-state index in [1.165, 1.54) is 0 Å². The first-order chi connectivity index (χ1) is 7.04. The van der Waals surface area contributed by atoms with Gasteiger partial charge in [0, 0.05) is 6.54 Å². The Bertz CT molecular complexity index is 392. The molecule has 3 N–H and O–H groups in total. The van der Waals surface area contributed by atoms with Crippen molar-refractivity contribution in [3.05, 3.63) is 22.7 Å². The lowest BCUT2D eigenvalue weighted by Gasteiger charge is -2.22. The van der Waals surface area contributed by atoms with Gasteiger partial charge in [0.25, 0.3) is 0 Å². The summed E-state index contributed by atoms with van der Waals surface area (Å²) in [6.45, 7) is 1.90. The third-order valence-electron chi connectivity index (χ3n) is 2.45. The maximum absolute atomic E-state index is 9.97. The number of nitrogens with two attached hydrogens (primary N) is 1. The summed E-state index contributed by atoms with van der Waals surface area (Å²) in [6, 6.07) is 3.34. The van der Waals surface area contributed by atoms with Crippen molar-refractivity contribution in [1.82, 2.24) is 0 Å². The van der Waals surface area contributed by atoms with Crippen LogP contribution in [0.3, 0.4) is 0 Å². The molecule has 1 aromatic carbocycles. The van der Waals surface area contributed by atoms with Crippen LogP contribution in [0, 0.1) is 0 Å². The molecule has 0 aromatic heterocycles. The van der Waals surface area contributed by atoms with E-state index in [1.54, 1.807) is 19.1 Å². The molecule has 1 atom stereocenters. The second-order valence-corrected chi connectivity index (χ2v) is 4.08. The molecule has 82 valence electrons. The minimum absolute atomic E-state index is 0.114. The van der Waals surface area contributed by atoms with Gasteiger partial charge in [0.15, 0.2) is 11.5 Å². The van der Waals surface area contributed by atoms with Crippen LogP contribution in [0.25, 0.3) is 0 Å². The van der Waals surface area contributed by atoms with Gasteiger partial charge in [-0.1, -0.05) is 11.6 Å². The highest BCUT2D eigenvalue weighted by atomic mass is 35.5. The molecule has 5 heteroatoms. The quantitative estimate of drug-likeness (QED) is 0.801. The van der Waals surface area contributed by atoms with Gasteiger partial charge in [-0.15, -0.1) is 0 Å². The molecular weight excluding hydrogens is 218 g/mol. The average Bonchev–Trinajstić information content (AvgIpc) is 2.66. The van der Waals surface area contributed by atoms with Gasteiger partial charge in [-0.05, 0) is 24.6 Å². The predicted octanol–water partition coefficient (Wildman–Crippen LogP) is 1.23. The minimum atomic E-state index is -1.11. The number of fused-ring (bicyclic) bond motifs is 1. The molecule has 15 heavy (non-hydrogen) atoms. The Balaban J connectivity index is 2.48. The van der Waals surface area contributed by atoms with Crippen LogP contribution in [0.15, 0.2) is 12.1 Å². The molecule has 1 unspecified atom stereocenters. The lowest BCUT2D eigenvalue weighted by Crippen LogP contribution is -2.31. The Labute approximate surface area is 92.5 Å². The minimum Gasteiger partial charge on any atom is -0.454 e. The van der Waals surface area contributed by atoms with Gasteiger partial charge in [0.1, 0.15) is 0 Å². The van der Waals surface area contributed by atoms with Gasteiger partial charge in [0.05, 0.1) is 10.6 Å². The van der Waals surface area contributed by atoms with Crippen molar-refractivity contribution < 1.29 is 14.6 Å². The van der Waals surface area contributed by atoms with Crippen molar-refractivity contribution >= 4 is 11.6 Å². The highest BCUT2D eigenvalue weighted by Gasteiger charge is 2.26. The van der Waals surface area contributed by atoms with E-state index in [9.17, 15) is 5.11 Å². The normalized spacial score (nSPS) is 17.6. The van der Waals surface area contributed by atoms with Gasteiger partial charge in [-0.25, -0.2) is 0 Å². The smallest absolute Gasteiger partial charge is 0.231 e. The first-order valence-electron chi connectivity index (χ1n) is 4.56. The molecule has 2 rings (SSSR count). The van der Waals surface area contributed by atoms with E-state index in [2.05, 4.69) is 0 Å². The van der Waals surface area contributed by atoms with E-state index in [4.69, 9.17) is 26.8 Å². The fourth-order valence-electron chi connectivity index (χ4n) is 1.40. The van der Waals surface area contributed by atoms with Crippen LogP contribution in [0.5, 0.6) is 11.5 Å². The van der Waals surface area contributed by atoms with Crippen molar-refractivity contribution in [2.75, 3.05) is 13.3 Å². The van der Waals surface area contributed by atoms with E-state index in [-0.39, 0.29) is 13.3 Å². The average molecular weight is 230 g/mol. The number of hydrogen-bond donors (Lipinski definition) is 2. The van der Waals surface area contributed by atoms with Crippen molar-refractivity contribution in [1.29, 1.82) is 0 Å². The van der Waals surface area contributed by atoms with Gasteiger partial charge in [0.2, 0.25) is 6.79 Å². The van der Waals surface area contributed by atoms with Crippen LogP contribution >= 0.6 is 11.6 Å². The molecule has 1 aromatic rings. The second kappa shape index (κ2) is 3.56. The fourth-order valence-corrected chi connectivity index (χ4v) is 1.66. The maximum Gasteiger partial charge on any atom is 0.231 e. The molecule has 0 amide bonds. The Hall–Kier alpha value is -0.970. The molecule has 0 spiro atoms. The number of halogens is 1. The summed E-state index contributed by atoms with van der Waals surface area (Å²) < 4.78 is 10.4. The maximum atomic E-state index is 9.97. The highest BCUT2D eigenvalue weighted by Crippen LogP contribution is 2.41. The molecule has 1 aliphatic rings. The van der Waals surface area contributed by atoms with Crippen LogP contribution in [0.2, 0.25) is 5.02 Å². The Morgan fingerprint density at radius 1 is 1.53 bits per heavy atom. The third-order valence-corrected chi connectivity index (χ3v) is 2.73. The molecular formula is C10H12ClNO3. The molecule has 1 aliphatic heterocycles. The molecule has 0 radical (unpaired) electrons. The number of hydrogen-bond acceptors (Lipinski definition) is 4. The predicted molar refractivity (Wildman–Crippen MR) is 56.2 cm³/mol. The third kappa shape index (κ3) is 1.76. The molecule has 0 bridgehead atoms. The van der Waals surface area contributed by atoms with Crippen LogP contribution in [0.4, 0.5) is 0 Å². The first-order valence-corrected chi connectivity index (χ1v) is 4.94. The van der Waals surface area contributed by atoms with Gasteiger partial charge < -0.3 is 20.3 Å². The molecule has 0 saturated carbocycles. The van der Waals surface area contributed by atoms with Crippen LogP contribution in [0.1, 0.15) is 12.5 Å². The molecule has 0 fully saturated rings. The zero-order valence-corrected chi connectivity index (χ0v) is 9.04. The highest BCUT2D eigenvalue weighted by molar-refractivity contribution is 6.32. The zero-order valence-electron chi connectivity index (χ0n) is 8.29. The Morgan fingerprint density at radius 2 is 2.27 bits per heavy atom. The summed E-state index contributed by atoms with van der Waals surface area (Å²) in [5.74, 6) is 1.07. The van der Waals surface area contributed by atoms with Gasteiger partial charge in [-0.2, -0.15) is 0 Å². The lowest BCUT2D eigenvalue weighted by atomic mass is 9.96. The van der Waals surface area contributed by atoms with E-state index < -0.39 is 5.60 Å². The zero-order chi connectivity index (χ0) is 11.1. The van der Waals surface area contributed by atoms with E-state index in [0.29, 0.717) is 22.1 Å². The Kier molecular flexibility index (Phi) is 2.50. The summed E-state index contributed by atoms with van der Waals surface area (Å²) in [5, 5.41) is 10.4. The number of ether oxygens (including phenoxy) is 2. The molecule has 4 nitrogen and oxygen atoms in total. The SMILES string of the molecule is CC(O)(CN)c1cc(Cl)c2c(c1)OCO2. The first kappa shape index (κ1) is 10.5. The standard InChI is InChI=1S/C10H12ClNO3/c1-10(13,4-12)6-2-7(11)9-8(3-6)14-5-15-9/h2-3,13H,4-5,12H2,1H3. The topological polar surface area (TPSA) is 64.7 Å². The monoisotopic (exact) mass is 229 g/mol. The van der Waals surface area contributed by atoms with Crippen molar-refractivity contribution in [3.63, 3.8) is 0 Å². The largest absolute Gasteiger partial charge is 0.454 e.